The fourth-order valence-electron chi connectivity index (χ4n) is 5.89. The molecule has 7 N–H and O–H groups in total. The van der Waals surface area contributed by atoms with Gasteiger partial charge in [0.25, 0.3) is 0 Å². The molecule has 0 fully saturated rings. The van der Waals surface area contributed by atoms with Gasteiger partial charge in [-0.1, -0.05) is 0 Å². The van der Waals surface area contributed by atoms with Crippen molar-refractivity contribution < 1.29 is 44.6 Å². The summed E-state index contributed by atoms with van der Waals surface area (Å²) in [5.74, 6) is -3.33. The molecule has 2 aromatic carbocycles. The van der Waals surface area contributed by atoms with Gasteiger partial charge in [-0.05, 0) is 39.0 Å². The van der Waals surface area contributed by atoms with E-state index in [-0.39, 0.29) is 62.6 Å². The highest BCUT2D eigenvalue weighted by molar-refractivity contribution is 8.16. The number of rotatable bonds is 12. The maximum atomic E-state index is 13.4. The smallest absolute Gasteiger partial charge is 0.231 e. The van der Waals surface area contributed by atoms with Gasteiger partial charge in [0.1, 0.15) is 9.16 Å². The van der Waals surface area contributed by atoms with Crippen LogP contribution in [0, 0.1) is 13.8 Å². The number of aromatic amines is 1. The number of carbonyl (C=O) groups excluding carboxylic acids is 2. The van der Waals surface area contributed by atoms with Crippen LogP contribution in [0.4, 0.5) is 0 Å². The average molecular weight is 721 g/mol. The second-order valence-corrected chi connectivity index (χ2v) is 16.3. The van der Waals surface area contributed by atoms with Crippen LogP contribution in [-0.4, -0.2) is 82.4 Å². The minimum absolute atomic E-state index is 0.00504. The summed E-state index contributed by atoms with van der Waals surface area (Å²) >= 11 is 14.1. The molecule has 11 nitrogen and oxygen atoms in total. The first-order valence-electron chi connectivity index (χ1n) is 14.6. The summed E-state index contributed by atoms with van der Waals surface area (Å²) in [7, 11) is 0. The van der Waals surface area contributed by atoms with Crippen LogP contribution in [0.5, 0.6) is 28.7 Å². The number of hydrogen-bond donors (Lipinski definition) is 10. The molecular weight excluding hydrogens is 685 g/mol. The van der Waals surface area contributed by atoms with Crippen molar-refractivity contribution in [2.75, 3.05) is 32.2 Å². The fourth-order valence-corrected chi connectivity index (χ4v) is 7.52. The van der Waals surface area contributed by atoms with Gasteiger partial charge in [0.15, 0.2) is 23.0 Å². The van der Waals surface area contributed by atoms with Crippen molar-refractivity contribution in [2.24, 2.45) is 0 Å². The SMILES string of the molecule is CC1=CC2(SCCOCCOCCC(S)(S)S)CC(=O)C(=O)C(c3ccc(-c4[nH]c5c(C)c(O)c(O)c(C)c5c4O)c(O)c3O)=C2N1. The van der Waals surface area contributed by atoms with Crippen molar-refractivity contribution in [1.29, 1.82) is 0 Å². The molecule has 1 aliphatic carbocycles. The third-order valence-electron chi connectivity index (χ3n) is 8.24. The van der Waals surface area contributed by atoms with Crippen molar-refractivity contribution in [3.8, 4) is 40.0 Å². The number of thioether (sulfide) groups is 1. The van der Waals surface area contributed by atoms with Crippen molar-refractivity contribution in [2.45, 2.75) is 41.8 Å². The quantitative estimate of drug-likeness (QED) is 0.0396. The van der Waals surface area contributed by atoms with Gasteiger partial charge in [0.2, 0.25) is 11.6 Å². The molecule has 1 aromatic heterocycles. The normalized spacial score (nSPS) is 18.2. The third kappa shape index (κ3) is 6.65. The van der Waals surface area contributed by atoms with Crippen LogP contribution in [0.3, 0.4) is 0 Å². The van der Waals surface area contributed by atoms with Gasteiger partial charge in [0.05, 0.1) is 41.4 Å². The van der Waals surface area contributed by atoms with Crippen molar-refractivity contribution in [3.05, 3.63) is 46.3 Å². The summed E-state index contributed by atoms with van der Waals surface area (Å²) in [6.45, 7) is 6.40. The first kappa shape index (κ1) is 35.2. The van der Waals surface area contributed by atoms with E-state index < -0.39 is 31.2 Å². The number of benzene rings is 2. The van der Waals surface area contributed by atoms with Crippen LogP contribution in [0.15, 0.2) is 29.6 Å². The van der Waals surface area contributed by atoms with Crippen LogP contribution in [0.2, 0.25) is 0 Å². The Kier molecular flexibility index (Phi) is 10.1. The highest BCUT2D eigenvalue weighted by Crippen LogP contribution is 2.53. The summed E-state index contributed by atoms with van der Waals surface area (Å²) in [5.41, 5.74) is 1.85. The van der Waals surface area contributed by atoms with Crippen molar-refractivity contribution >= 4 is 77.7 Å². The molecule has 0 saturated carbocycles. The number of phenolic OH excluding ortho intramolecular Hbond substituents is 4. The molecule has 0 bridgehead atoms. The number of thiol groups is 3. The largest absolute Gasteiger partial charge is 0.505 e. The minimum Gasteiger partial charge on any atom is -0.505 e. The maximum Gasteiger partial charge on any atom is 0.231 e. The molecule has 0 amide bonds. The molecule has 0 radical (unpaired) electrons. The van der Waals surface area contributed by atoms with Gasteiger partial charge in [-0.3, -0.25) is 9.59 Å². The Morgan fingerprint density at radius 3 is 2.15 bits per heavy atom. The Bertz CT molecular complexity index is 1840. The molecule has 3 aromatic rings. The van der Waals surface area contributed by atoms with Gasteiger partial charge in [-0.25, -0.2) is 0 Å². The van der Waals surface area contributed by atoms with Gasteiger partial charge in [-0.2, -0.15) is 37.9 Å². The molecule has 2 heterocycles. The van der Waals surface area contributed by atoms with Gasteiger partial charge >= 0.3 is 0 Å². The number of nitrogens with one attached hydrogen (secondary N) is 2. The highest BCUT2D eigenvalue weighted by Gasteiger charge is 2.49. The number of allylic oxidation sites excluding steroid dienone is 2. The molecule has 252 valence electrons. The number of aromatic hydroxyl groups is 5. The Balaban J connectivity index is 1.42. The van der Waals surface area contributed by atoms with E-state index in [0.717, 1.165) is 5.70 Å². The zero-order valence-electron chi connectivity index (χ0n) is 25.8. The van der Waals surface area contributed by atoms with Crippen molar-refractivity contribution in [3.63, 3.8) is 0 Å². The number of aromatic nitrogens is 1. The van der Waals surface area contributed by atoms with Crippen LogP contribution < -0.4 is 5.32 Å². The van der Waals surface area contributed by atoms with E-state index in [9.17, 15) is 35.1 Å². The maximum absolute atomic E-state index is 13.4. The van der Waals surface area contributed by atoms with E-state index in [1.807, 2.05) is 13.0 Å². The number of carbonyl (C=O) groups is 2. The third-order valence-corrected chi connectivity index (χ3v) is 10.3. The Morgan fingerprint density at radius 2 is 1.47 bits per heavy atom. The van der Waals surface area contributed by atoms with E-state index in [0.29, 0.717) is 49.8 Å². The average Bonchev–Trinajstić information content (AvgIpc) is 3.52. The molecule has 0 spiro atoms. The molecule has 1 atom stereocenters. The van der Waals surface area contributed by atoms with Crippen LogP contribution in [0.1, 0.15) is 36.5 Å². The van der Waals surface area contributed by atoms with Crippen LogP contribution in [-0.2, 0) is 19.1 Å². The van der Waals surface area contributed by atoms with Gasteiger partial charge in [-0.15, -0.1) is 11.8 Å². The molecule has 0 saturated heterocycles. The number of ketones is 2. The molecule has 5 rings (SSSR count). The number of ether oxygens (including phenoxy) is 2. The lowest BCUT2D eigenvalue weighted by Crippen LogP contribution is -2.40. The zero-order chi connectivity index (χ0) is 34.4. The summed E-state index contributed by atoms with van der Waals surface area (Å²) in [6, 6.07) is 2.80. The number of phenols is 4. The fraction of sp³-hybridized carbons (Fsp3) is 0.375. The number of hydrogen-bond acceptors (Lipinski definition) is 14. The molecule has 1 aliphatic heterocycles. The van der Waals surface area contributed by atoms with E-state index >= 15 is 0 Å². The molecular formula is C32H36N2O9S4. The van der Waals surface area contributed by atoms with Crippen LogP contribution in [0.25, 0.3) is 27.7 Å². The minimum atomic E-state index is -0.922. The lowest BCUT2D eigenvalue weighted by Gasteiger charge is -2.33. The summed E-state index contributed by atoms with van der Waals surface area (Å²) in [5, 5.41) is 57.6. The Labute approximate surface area is 291 Å². The van der Waals surface area contributed by atoms with Crippen molar-refractivity contribution in [1.82, 2.24) is 10.3 Å². The second kappa shape index (κ2) is 13.4. The Hall–Kier alpha value is -3.08. The zero-order valence-corrected chi connectivity index (χ0v) is 29.3. The topological polar surface area (TPSA) is 182 Å². The number of aryl methyl sites for hydroxylation is 2. The van der Waals surface area contributed by atoms with E-state index in [1.54, 1.807) is 6.92 Å². The highest BCUT2D eigenvalue weighted by atomic mass is 32.2. The predicted molar refractivity (Wildman–Crippen MR) is 191 cm³/mol. The summed E-state index contributed by atoms with van der Waals surface area (Å²) < 4.78 is 9.57. The molecule has 2 aliphatic rings. The van der Waals surface area contributed by atoms with E-state index in [4.69, 9.17) is 9.47 Å². The first-order valence-corrected chi connectivity index (χ1v) is 17.0. The number of Topliss-reactive ketones (excluding diaryl/α,β-unsaturated/α-hetero) is 2. The van der Waals surface area contributed by atoms with Crippen LogP contribution >= 0.6 is 49.6 Å². The lowest BCUT2D eigenvalue weighted by atomic mass is 9.82. The lowest BCUT2D eigenvalue weighted by molar-refractivity contribution is -0.133. The second-order valence-electron chi connectivity index (χ2n) is 11.5. The first-order chi connectivity index (χ1) is 22.1. The summed E-state index contributed by atoms with van der Waals surface area (Å²) in [4.78, 5) is 29.5. The van der Waals surface area contributed by atoms with E-state index in [1.165, 1.54) is 30.8 Å². The standard InChI is InChI=1S/C32H36N2O9S4/c1-14-12-31(47-11-10-43-9-8-42-7-6-32(44,45)46)13-19(35)28(40)21(30(31)33-14)17-4-5-18(27(39)26(17)38)23-29(41)20-15(2)24(36)25(37)16(3)22(20)34-23/h4-5,12,33-34,36-39,41,44-46H,6-11,13H2,1-3H3. The monoisotopic (exact) mass is 720 g/mol. The Morgan fingerprint density at radius 1 is 0.851 bits per heavy atom. The summed E-state index contributed by atoms with van der Waals surface area (Å²) in [6.07, 6.45) is 2.33. The van der Waals surface area contributed by atoms with Gasteiger partial charge in [0, 0.05) is 64.2 Å². The molecule has 47 heavy (non-hydrogen) atoms. The number of H-pyrrole nitrogens is 1. The molecule has 15 heteroatoms. The number of fused-ring (bicyclic) bond motifs is 2. The predicted octanol–water partition coefficient (Wildman–Crippen LogP) is 5.08. The van der Waals surface area contributed by atoms with E-state index in [2.05, 4.69) is 48.2 Å². The molecule has 1 unspecified atom stereocenters. The van der Waals surface area contributed by atoms with Gasteiger partial charge < -0.3 is 45.3 Å².